The maximum absolute atomic E-state index is 13.1. The average Bonchev–Trinajstić information content (AvgIpc) is 3.31. The van der Waals surface area contributed by atoms with Gasteiger partial charge in [-0.05, 0) is 17.7 Å². The summed E-state index contributed by atoms with van der Waals surface area (Å²) in [5, 5.41) is 23.2. The highest BCUT2D eigenvalue weighted by molar-refractivity contribution is 5.97. The lowest BCUT2D eigenvalue weighted by Gasteiger charge is -2.12. The minimum Gasteiger partial charge on any atom is -0.493 e. The van der Waals surface area contributed by atoms with E-state index in [1.807, 2.05) is 30.3 Å². The van der Waals surface area contributed by atoms with Gasteiger partial charge in [0.1, 0.15) is 0 Å². The Morgan fingerprint density at radius 1 is 1.03 bits per heavy atom. The lowest BCUT2D eigenvalue weighted by Crippen LogP contribution is -2.26. The number of non-ortho nitro benzene ring substituents is 1. The third-order valence-electron chi connectivity index (χ3n) is 5.67. The maximum atomic E-state index is 13.1. The average molecular weight is 417 g/mol. The lowest BCUT2D eigenvalue weighted by atomic mass is 10.1. The number of rotatable bonds is 5. The minimum absolute atomic E-state index is 0.0481. The van der Waals surface area contributed by atoms with Gasteiger partial charge >= 0.3 is 5.69 Å². The van der Waals surface area contributed by atoms with Crippen LogP contribution in [-0.4, -0.2) is 25.3 Å². The summed E-state index contributed by atoms with van der Waals surface area (Å²) in [6, 6.07) is 19.4. The fraction of sp³-hybridized carbons (Fsp3) is 0.174. The van der Waals surface area contributed by atoms with Crippen LogP contribution in [0, 0.1) is 10.1 Å². The molecule has 1 aromatic heterocycles. The Hall–Kier alpha value is -3.91. The zero-order valence-electron chi connectivity index (χ0n) is 16.5. The lowest BCUT2D eigenvalue weighted by molar-refractivity contribution is -0.383. The number of hydrogen-bond acceptors (Lipinski definition) is 5. The van der Waals surface area contributed by atoms with Crippen LogP contribution in [0.4, 0.5) is 5.69 Å². The molecule has 1 N–H and O–H groups in total. The molecule has 5 rings (SSSR count). The number of benzene rings is 3. The first-order chi connectivity index (χ1) is 15.0. The van der Waals surface area contributed by atoms with Crippen LogP contribution in [-0.2, 0) is 24.3 Å². The highest BCUT2D eigenvalue weighted by Gasteiger charge is 2.31. The Balaban J connectivity index is 1.49. The Labute approximate surface area is 176 Å². The standard InChI is InChI=1S/C23H19N3O5/c27-22-21-12-16(31-14-15-6-2-1-3-7-15)13-24(21)23(28)25(22)19-10-11-20(26(29)30)18-9-5-4-8-17(18)19/h1-11,16,27H,12-14H2/t16-/m1/s1. The van der Waals surface area contributed by atoms with Gasteiger partial charge in [-0.2, -0.15) is 0 Å². The molecule has 0 radical (unpaired) electrons. The van der Waals surface area contributed by atoms with E-state index in [-0.39, 0.29) is 17.7 Å². The maximum Gasteiger partial charge on any atom is 0.336 e. The highest BCUT2D eigenvalue weighted by atomic mass is 16.6. The zero-order valence-corrected chi connectivity index (χ0v) is 16.5. The van der Waals surface area contributed by atoms with Crippen LogP contribution in [0.1, 0.15) is 11.3 Å². The first kappa shape index (κ1) is 19.1. The van der Waals surface area contributed by atoms with Gasteiger partial charge in [0.05, 0.1) is 40.9 Å². The zero-order chi connectivity index (χ0) is 21.5. The molecule has 0 bridgehead atoms. The van der Waals surface area contributed by atoms with Crippen LogP contribution in [0.2, 0.25) is 0 Å². The third-order valence-corrected chi connectivity index (χ3v) is 5.67. The van der Waals surface area contributed by atoms with Gasteiger partial charge in [0.15, 0.2) is 0 Å². The van der Waals surface area contributed by atoms with Gasteiger partial charge in [-0.15, -0.1) is 0 Å². The van der Waals surface area contributed by atoms with Crippen molar-refractivity contribution in [1.82, 2.24) is 9.13 Å². The minimum atomic E-state index is -0.455. The van der Waals surface area contributed by atoms with E-state index in [1.165, 1.54) is 21.3 Å². The number of nitrogens with zero attached hydrogens (tertiary/aromatic N) is 3. The predicted molar refractivity (Wildman–Crippen MR) is 115 cm³/mol. The van der Waals surface area contributed by atoms with E-state index < -0.39 is 10.6 Å². The van der Waals surface area contributed by atoms with Crippen LogP contribution in [0.25, 0.3) is 16.5 Å². The van der Waals surface area contributed by atoms with Gasteiger partial charge in [-0.3, -0.25) is 14.7 Å². The fourth-order valence-electron chi connectivity index (χ4n) is 4.19. The molecule has 0 amide bonds. The largest absolute Gasteiger partial charge is 0.493 e. The van der Waals surface area contributed by atoms with Crippen molar-refractivity contribution in [1.29, 1.82) is 0 Å². The number of imidazole rings is 1. The molecule has 3 aromatic carbocycles. The summed E-state index contributed by atoms with van der Waals surface area (Å²) in [6.45, 7) is 0.769. The second kappa shape index (κ2) is 7.41. The molecule has 0 saturated heterocycles. The second-order valence-electron chi connectivity index (χ2n) is 7.53. The molecule has 8 nitrogen and oxygen atoms in total. The molecule has 2 heterocycles. The van der Waals surface area contributed by atoms with Crippen LogP contribution in [0.5, 0.6) is 5.88 Å². The predicted octanol–water partition coefficient (Wildman–Crippen LogP) is 3.55. The molecule has 1 aliphatic rings. The summed E-state index contributed by atoms with van der Waals surface area (Å²) in [6.07, 6.45) is 0.197. The van der Waals surface area contributed by atoms with E-state index in [0.717, 1.165) is 5.56 Å². The van der Waals surface area contributed by atoms with E-state index in [1.54, 1.807) is 24.3 Å². The first-order valence-corrected chi connectivity index (χ1v) is 9.90. The van der Waals surface area contributed by atoms with Crippen molar-refractivity contribution in [3.05, 3.63) is 98.6 Å². The van der Waals surface area contributed by atoms with Crippen molar-refractivity contribution < 1.29 is 14.8 Å². The Bertz CT molecular complexity index is 1360. The molecule has 0 saturated carbocycles. The van der Waals surface area contributed by atoms with Crippen LogP contribution in [0.15, 0.2) is 71.5 Å². The third kappa shape index (κ3) is 3.17. The molecular weight excluding hydrogens is 398 g/mol. The van der Waals surface area contributed by atoms with Gasteiger partial charge in [0.25, 0.3) is 5.69 Å². The highest BCUT2D eigenvalue weighted by Crippen LogP contribution is 2.34. The van der Waals surface area contributed by atoms with Crippen molar-refractivity contribution >= 4 is 16.5 Å². The van der Waals surface area contributed by atoms with E-state index >= 15 is 0 Å². The smallest absolute Gasteiger partial charge is 0.336 e. The normalized spacial score (nSPS) is 15.3. The SMILES string of the molecule is O=c1n2c(c(O)n1-c1ccc([N+](=O)[O-])c3ccccc13)C[C@@H](OCc1ccccc1)C2. The molecule has 0 unspecified atom stereocenters. The van der Waals surface area contributed by atoms with Gasteiger partial charge in [-0.25, -0.2) is 9.36 Å². The van der Waals surface area contributed by atoms with E-state index in [9.17, 15) is 20.0 Å². The van der Waals surface area contributed by atoms with Crippen molar-refractivity contribution in [2.45, 2.75) is 25.7 Å². The summed E-state index contributed by atoms with van der Waals surface area (Å²) in [4.78, 5) is 24.1. The summed E-state index contributed by atoms with van der Waals surface area (Å²) in [5.41, 5.74) is 1.52. The molecular formula is C23H19N3O5. The molecule has 1 atom stereocenters. The number of fused-ring (bicyclic) bond motifs is 2. The van der Waals surface area contributed by atoms with Crippen LogP contribution in [0.3, 0.4) is 0 Å². The van der Waals surface area contributed by atoms with Gasteiger partial charge in [0, 0.05) is 17.9 Å². The van der Waals surface area contributed by atoms with Crippen LogP contribution >= 0.6 is 0 Å². The Kier molecular flexibility index (Phi) is 4.56. The Morgan fingerprint density at radius 2 is 1.74 bits per heavy atom. The molecule has 0 spiro atoms. The van der Waals surface area contributed by atoms with E-state index in [4.69, 9.17) is 4.74 Å². The molecule has 1 aliphatic heterocycles. The van der Waals surface area contributed by atoms with Crippen molar-refractivity contribution in [3.63, 3.8) is 0 Å². The molecule has 31 heavy (non-hydrogen) atoms. The van der Waals surface area contributed by atoms with Crippen molar-refractivity contribution in [3.8, 4) is 11.6 Å². The van der Waals surface area contributed by atoms with Crippen molar-refractivity contribution in [2.75, 3.05) is 0 Å². The topological polar surface area (TPSA) is 99.5 Å². The summed E-state index contributed by atoms with van der Waals surface area (Å²) in [7, 11) is 0. The summed E-state index contributed by atoms with van der Waals surface area (Å²) >= 11 is 0. The first-order valence-electron chi connectivity index (χ1n) is 9.90. The number of aromatic nitrogens is 2. The van der Waals surface area contributed by atoms with Crippen LogP contribution < -0.4 is 5.69 Å². The number of nitro groups is 1. The molecule has 0 fully saturated rings. The molecule has 4 aromatic rings. The second-order valence-corrected chi connectivity index (χ2v) is 7.53. The number of hydrogen-bond donors (Lipinski definition) is 1. The van der Waals surface area contributed by atoms with Gasteiger partial charge < -0.3 is 9.84 Å². The fourth-order valence-corrected chi connectivity index (χ4v) is 4.19. The van der Waals surface area contributed by atoms with Gasteiger partial charge in [0.2, 0.25) is 5.88 Å². The molecule has 0 aliphatic carbocycles. The summed E-state index contributed by atoms with van der Waals surface area (Å²) < 4.78 is 8.67. The molecule has 8 heteroatoms. The van der Waals surface area contributed by atoms with E-state index in [2.05, 4.69) is 0 Å². The number of ether oxygens (including phenoxy) is 1. The number of aromatic hydroxyl groups is 1. The van der Waals surface area contributed by atoms with E-state index in [0.29, 0.717) is 41.7 Å². The van der Waals surface area contributed by atoms with Gasteiger partial charge in [-0.1, -0.05) is 48.5 Å². The quantitative estimate of drug-likeness (QED) is 0.395. The Morgan fingerprint density at radius 3 is 2.45 bits per heavy atom. The van der Waals surface area contributed by atoms with Crippen molar-refractivity contribution in [2.24, 2.45) is 0 Å². The molecule has 156 valence electrons. The number of nitro benzene ring substituents is 1. The summed E-state index contributed by atoms with van der Waals surface area (Å²) in [5.74, 6) is -0.158. The monoisotopic (exact) mass is 417 g/mol.